The number of nitrogens with one attached hydrogen (secondary N) is 1. The van der Waals surface area contributed by atoms with Gasteiger partial charge in [-0.15, -0.1) is 0 Å². The van der Waals surface area contributed by atoms with E-state index in [0.29, 0.717) is 22.0 Å². The van der Waals surface area contributed by atoms with Crippen LogP contribution in [0.4, 0.5) is 5.69 Å². The maximum atomic E-state index is 13.2. The molecule has 3 aromatic rings. The molecule has 8 heteroatoms. The van der Waals surface area contributed by atoms with Gasteiger partial charge in [0.05, 0.1) is 12.8 Å². The zero-order valence-corrected chi connectivity index (χ0v) is 19.2. The van der Waals surface area contributed by atoms with E-state index in [0.717, 1.165) is 11.3 Å². The molecule has 0 spiro atoms. The van der Waals surface area contributed by atoms with E-state index in [1.165, 1.54) is 11.0 Å². The zero-order valence-electron chi connectivity index (χ0n) is 17.6. The van der Waals surface area contributed by atoms with Crippen LogP contribution in [0.25, 0.3) is 6.08 Å². The molecule has 1 aliphatic heterocycles. The third kappa shape index (κ3) is 5.05. The number of nitrogens with zero attached hydrogens (tertiary/aromatic N) is 1. The maximum Gasteiger partial charge on any atom is 0.270 e. The average Bonchev–Trinajstić information content (AvgIpc) is 2.82. The van der Waals surface area contributed by atoms with Gasteiger partial charge in [0.25, 0.3) is 11.8 Å². The van der Waals surface area contributed by atoms with Crippen molar-refractivity contribution in [3.05, 3.63) is 94.5 Å². The lowest BCUT2D eigenvalue weighted by Gasteiger charge is -2.29. The summed E-state index contributed by atoms with van der Waals surface area (Å²) < 4.78 is 11.3. The van der Waals surface area contributed by atoms with Gasteiger partial charge in [-0.2, -0.15) is 0 Å². The Bertz CT molecular complexity index is 1240. The van der Waals surface area contributed by atoms with E-state index in [1.807, 2.05) is 36.4 Å². The molecular weight excluding hydrogens is 460 g/mol. The van der Waals surface area contributed by atoms with E-state index in [4.69, 9.17) is 33.3 Å². The van der Waals surface area contributed by atoms with Crippen molar-refractivity contribution in [2.45, 2.75) is 6.61 Å². The highest BCUT2D eigenvalue weighted by Crippen LogP contribution is 2.26. The lowest BCUT2D eigenvalue weighted by Crippen LogP contribution is -2.54. The zero-order chi connectivity index (χ0) is 23.4. The number of methoxy groups -OCH3 is 1. The normalized spacial score (nSPS) is 14.9. The topological polar surface area (TPSA) is 67.9 Å². The predicted octanol–water partition coefficient (Wildman–Crippen LogP) is 4.76. The van der Waals surface area contributed by atoms with Crippen LogP contribution in [-0.2, 0) is 16.2 Å². The minimum Gasteiger partial charge on any atom is -0.496 e. The van der Waals surface area contributed by atoms with Crippen LogP contribution in [0.1, 0.15) is 11.1 Å². The van der Waals surface area contributed by atoms with Gasteiger partial charge in [0.2, 0.25) is 0 Å². The molecule has 0 aromatic heterocycles. The molecule has 0 saturated carbocycles. The summed E-state index contributed by atoms with van der Waals surface area (Å²) >= 11 is 11.2. The summed E-state index contributed by atoms with van der Waals surface area (Å²) in [5.41, 5.74) is 1.87. The molecule has 1 aliphatic rings. The van der Waals surface area contributed by atoms with Gasteiger partial charge in [-0.3, -0.25) is 19.8 Å². The van der Waals surface area contributed by atoms with Crippen molar-refractivity contribution in [3.8, 4) is 11.5 Å². The molecule has 166 valence electrons. The van der Waals surface area contributed by atoms with Crippen LogP contribution in [0, 0.1) is 0 Å². The molecule has 33 heavy (non-hydrogen) atoms. The SMILES string of the molecule is COc1ccc(C=C2C(=O)NC(=S)N(c3ccc(Cl)cc3)C2=O)cc1COc1ccccc1. The number of para-hydroxylation sites is 1. The van der Waals surface area contributed by atoms with Crippen LogP contribution < -0.4 is 19.7 Å². The van der Waals surface area contributed by atoms with Crippen molar-refractivity contribution in [1.82, 2.24) is 5.32 Å². The highest BCUT2D eigenvalue weighted by Gasteiger charge is 2.34. The van der Waals surface area contributed by atoms with E-state index < -0.39 is 11.8 Å². The van der Waals surface area contributed by atoms with E-state index in [2.05, 4.69) is 5.32 Å². The van der Waals surface area contributed by atoms with E-state index in [9.17, 15) is 9.59 Å². The number of anilines is 1. The summed E-state index contributed by atoms with van der Waals surface area (Å²) in [6.07, 6.45) is 1.52. The van der Waals surface area contributed by atoms with Crippen molar-refractivity contribution in [2.75, 3.05) is 12.0 Å². The Morgan fingerprint density at radius 3 is 2.45 bits per heavy atom. The van der Waals surface area contributed by atoms with Gasteiger partial charge in [-0.05, 0) is 72.4 Å². The average molecular weight is 479 g/mol. The molecule has 1 fully saturated rings. The first kappa shape index (κ1) is 22.5. The van der Waals surface area contributed by atoms with Gasteiger partial charge in [0.15, 0.2) is 5.11 Å². The molecule has 3 aromatic carbocycles. The van der Waals surface area contributed by atoms with Gasteiger partial charge in [0.1, 0.15) is 23.7 Å². The van der Waals surface area contributed by atoms with E-state index in [1.54, 1.807) is 43.5 Å². The summed E-state index contributed by atoms with van der Waals surface area (Å²) in [5.74, 6) is 0.269. The molecule has 1 N–H and O–H groups in total. The minimum absolute atomic E-state index is 0.0103. The van der Waals surface area contributed by atoms with Crippen molar-refractivity contribution in [1.29, 1.82) is 0 Å². The number of carbonyl (C=O) groups excluding carboxylic acids is 2. The molecule has 0 aliphatic carbocycles. The summed E-state index contributed by atoms with van der Waals surface area (Å²) in [5, 5.41) is 3.11. The Balaban J connectivity index is 1.63. The van der Waals surface area contributed by atoms with Crippen LogP contribution in [0.3, 0.4) is 0 Å². The molecule has 1 heterocycles. The Morgan fingerprint density at radius 2 is 1.76 bits per heavy atom. The number of hydrogen-bond donors (Lipinski definition) is 1. The van der Waals surface area contributed by atoms with Crippen molar-refractivity contribution in [3.63, 3.8) is 0 Å². The van der Waals surface area contributed by atoms with Gasteiger partial charge in [-0.25, -0.2) is 0 Å². The van der Waals surface area contributed by atoms with E-state index in [-0.39, 0.29) is 17.3 Å². The number of benzene rings is 3. The summed E-state index contributed by atoms with van der Waals surface area (Å²) in [6, 6.07) is 21.4. The monoisotopic (exact) mass is 478 g/mol. The Hall–Kier alpha value is -3.68. The first-order valence-corrected chi connectivity index (χ1v) is 10.8. The number of rotatable bonds is 6. The fourth-order valence-electron chi connectivity index (χ4n) is 3.33. The molecule has 0 atom stereocenters. The smallest absolute Gasteiger partial charge is 0.270 e. The second-order valence-electron chi connectivity index (χ2n) is 7.11. The Labute approximate surface area is 201 Å². The first-order valence-electron chi connectivity index (χ1n) is 9.98. The lowest BCUT2D eigenvalue weighted by atomic mass is 10.0. The second-order valence-corrected chi connectivity index (χ2v) is 7.93. The minimum atomic E-state index is -0.562. The van der Waals surface area contributed by atoms with Crippen LogP contribution in [0.15, 0.2) is 78.4 Å². The third-order valence-electron chi connectivity index (χ3n) is 4.94. The number of ether oxygens (including phenoxy) is 2. The van der Waals surface area contributed by atoms with Gasteiger partial charge in [-0.1, -0.05) is 35.9 Å². The van der Waals surface area contributed by atoms with Gasteiger partial charge < -0.3 is 9.47 Å². The molecule has 0 radical (unpaired) electrons. The second kappa shape index (κ2) is 9.85. The molecule has 4 rings (SSSR count). The van der Waals surface area contributed by atoms with E-state index >= 15 is 0 Å². The molecule has 6 nitrogen and oxygen atoms in total. The number of amides is 2. The molecule has 0 bridgehead atoms. The maximum absolute atomic E-state index is 13.2. The molecule has 2 amide bonds. The quantitative estimate of drug-likeness (QED) is 0.314. The first-order chi connectivity index (χ1) is 16.0. The fourth-order valence-corrected chi connectivity index (χ4v) is 3.73. The standard InChI is InChI=1S/C25H19ClN2O4S/c1-31-22-12-7-16(13-17(22)15-32-20-5-3-2-4-6-20)14-21-23(29)27-25(33)28(24(21)30)19-10-8-18(26)9-11-19/h2-14H,15H2,1H3,(H,27,29,33). The Kier molecular flexibility index (Phi) is 6.72. The summed E-state index contributed by atoms with van der Waals surface area (Å²) in [7, 11) is 1.57. The van der Waals surface area contributed by atoms with Gasteiger partial charge >= 0.3 is 0 Å². The van der Waals surface area contributed by atoms with Crippen molar-refractivity contribution < 1.29 is 19.1 Å². The van der Waals surface area contributed by atoms with Crippen molar-refractivity contribution >= 4 is 52.5 Å². The number of thiocarbonyl (C=S) groups is 1. The fraction of sp³-hybridized carbons (Fsp3) is 0.0800. The van der Waals surface area contributed by atoms with Gasteiger partial charge in [0, 0.05) is 10.6 Å². The van der Waals surface area contributed by atoms with Crippen LogP contribution in [0.2, 0.25) is 5.02 Å². The summed E-state index contributed by atoms with van der Waals surface area (Å²) in [6.45, 7) is 0.255. The number of halogens is 1. The third-order valence-corrected chi connectivity index (χ3v) is 5.48. The van der Waals surface area contributed by atoms with Crippen LogP contribution >= 0.6 is 23.8 Å². The van der Waals surface area contributed by atoms with Crippen LogP contribution in [0.5, 0.6) is 11.5 Å². The lowest BCUT2D eigenvalue weighted by molar-refractivity contribution is -0.122. The molecule has 0 unspecified atom stereocenters. The van der Waals surface area contributed by atoms with Crippen LogP contribution in [-0.4, -0.2) is 24.0 Å². The predicted molar refractivity (Wildman–Crippen MR) is 131 cm³/mol. The molecule has 1 saturated heterocycles. The number of carbonyl (C=O) groups is 2. The van der Waals surface area contributed by atoms with Crippen molar-refractivity contribution in [2.24, 2.45) is 0 Å². The Morgan fingerprint density at radius 1 is 1.03 bits per heavy atom. The summed E-state index contributed by atoms with van der Waals surface area (Å²) in [4.78, 5) is 27.0. The number of hydrogen-bond acceptors (Lipinski definition) is 5. The largest absolute Gasteiger partial charge is 0.496 e. The highest BCUT2D eigenvalue weighted by atomic mass is 35.5. The highest BCUT2D eigenvalue weighted by molar-refractivity contribution is 7.80. The molecular formula is C25H19ClN2O4S.